The predicted molar refractivity (Wildman–Crippen MR) is 109 cm³/mol. The first-order valence-corrected chi connectivity index (χ1v) is 9.35. The molecule has 0 unspecified atom stereocenters. The van der Waals surface area contributed by atoms with Gasteiger partial charge in [-0.25, -0.2) is 0 Å². The van der Waals surface area contributed by atoms with E-state index in [9.17, 15) is 5.11 Å². The lowest BCUT2D eigenvalue weighted by molar-refractivity contribution is 0.0744. The zero-order valence-electron chi connectivity index (χ0n) is 16.1. The number of aromatic nitrogens is 1. The monoisotopic (exact) mass is 378 g/mol. The van der Waals surface area contributed by atoms with Crippen molar-refractivity contribution in [2.45, 2.75) is 19.3 Å². The Balaban J connectivity index is 1.40. The molecule has 0 radical (unpaired) electrons. The van der Waals surface area contributed by atoms with Gasteiger partial charge in [0, 0.05) is 19.3 Å². The highest BCUT2D eigenvalue weighted by Gasteiger charge is 2.10. The van der Waals surface area contributed by atoms with E-state index in [1.165, 1.54) is 0 Å². The highest BCUT2D eigenvalue weighted by atomic mass is 16.5. The molecule has 0 aliphatic rings. The second-order valence-electron chi connectivity index (χ2n) is 6.73. The van der Waals surface area contributed by atoms with Crippen molar-refractivity contribution in [3.05, 3.63) is 90.3 Å². The van der Waals surface area contributed by atoms with Crippen molar-refractivity contribution >= 4 is 0 Å². The lowest BCUT2D eigenvalue weighted by Crippen LogP contribution is -2.32. The van der Waals surface area contributed by atoms with Gasteiger partial charge >= 0.3 is 0 Å². The van der Waals surface area contributed by atoms with Crippen molar-refractivity contribution in [2.75, 3.05) is 20.2 Å². The van der Waals surface area contributed by atoms with Crippen LogP contribution < -0.4 is 9.47 Å². The van der Waals surface area contributed by atoms with Gasteiger partial charge in [-0.3, -0.25) is 9.88 Å². The fourth-order valence-corrected chi connectivity index (χ4v) is 2.83. The Hall–Kier alpha value is -2.89. The standard InChI is InChI=1S/C23H26N2O3/c1-25(16-21(26)18-28-22-8-3-2-4-9-22)15-19-10-12-23(13-11-19)27-17-20-7-5-6-14-24-20/h2-14,21,26H,15-18H2,1H3/t21-/m1/s1. The van der Waals surface area contributed by atoms with Crippen LogP contribution in [0.25, 0.3) is 0 Å². The maximum absolute atomic E-state index is 10.2. The molecule has 2 aromatic carbocycles. The van der Waals surface area contributed by atoms with Crippen LogP contribution in [-0.2, 0) is 13.2 Å². The number of aliphatic hydroxyl groups is 1. The topological polar surface area (TPSA) is 54.8 Å². The number of para-hydroxylation sites is 1. The van der Waals surface area contributed by atoms with Crippen LogP contribution in [0.5, 0.6) is 11.5 Å². The van der Waals surface area contributed by atoms with Crippen LogP contribution in [0, 0.1) is 0 Å². The number of nitrogens with zero attached hydrogens (tertiary/aromatic N) is 2. The van der Waals surface area contributed by atoms with Crippen LogP contribution in [0.3, 0.4) is 0 Å². The summed E-state index contributed by atoms with van der Waals surface area (Å²) >= 11 is 0. The van der Waals surface area contributed by atoms with E-state index in [-0.39, 0.29) is 6.61 Å². The van der Waals surface area contributed by atoms with E-state index >= 15 is 0 Å². The zero-order chi connectivity index (χ0) is 19.6. The van der Waals surface area contributed by atoms with Gasteiger partial charge in [0.15, 0.2) is 0 Å². The summed E-state index contributed by atoms with van der Waals surface area (Å²) in [5, 5.41) is 10.2. The van der Waals surface area contributed by atoms with E-state index in [1.54, 1.807) is 6.20 Å². The quantitative estimate of drug-likeness (QED) is 0.585. The molecular formula is C23H26N2O3. The van der Waals surface area contributed by atoms with Crippen LogP contribution >= 0.6 is 0 Å². The van der Waals surface area contributed by atoms with Gasteiger partial charge in [-0.1, -0.05) is 36.4 Å². The number of aliphatic hydroxyl groups excluding tert-OH is 1. The Kier molecular flexibility index (Phi) is 7.41. The average molecular weight is 378 g/mol. The van der Waals surface area contributed by atoms with Crippen molar-refractivity contribution in [3.8, 4) is 11.5 Å². The van der Waals surface area contributed by atoms with Gasteiger partial charge in [0.1, 0.15) is 30.8 Å². The van der Waals surface area contributed by atoms with Crippen LogP contribution in [0.15, 0.2) is 79.0 Å². The summed E-state index contributed by atoms with van der Waals surface area (Å²) in [5.41, 5.74) is 2.06. The lowest BCUT2D eigenvalue weighted by Gasteiger charge is -2.21. The third kappa shape index (κ3) is 6.68. The fourth-order valence-electron chi connectivity index (χ4n) is 2.83. The molecule has 1 atom stereocenters. The van der Waals surface area contributed by atoms with Crippen LogP contribution in [0.1, 0.15) is 11.3 Å². The molecule has 1 aromatic heterocycles. The first kappa shape index (κ1) is 19.9. The summed E-state index contributed by atoms with van der Waals surface area (Å²) in [7, 11) is 1.98. The summed E-state index contributed by atoms with van der Waals surface area (Å²) in [4.78, 5) is 6.32. The molecule has 0 saturated carbocycles. The smallest absolute Gasteiger partial charge is 0.130 e. The molecule has 5 heteroatoms. The normalized spacial score (nSPS) is 12.0. The SMILES string of the molecule is CN(Cc1ccc(OCc2ccccn2)cc1)C[C@@H](O)COc1ccccc1. The molecule has 0 spiro atoms. The number of rotatable bonds is 10. The van der Waals surface area contributed by atoms with Gasteiger partial charge in [0.05, 0.1) is 5.69 Å². The molecule has 1 heterocycles. The number of hydrogen-bond donors (Lipinski definition) is 1. The highest BCUT2D eigenvalue weighted by molar-refractivity contribution is 5.27. The van der Waals surface area contributed by atoms with Gasteiger partial charge in [-0.05, 0) is 49.0 Å². The van der Waals surface area contributed by atoms with Crippen molar-refractivity contribution in [1.29, 1.82) is 0 Å². The van der Waals surface area contributed by atoms with Gasteiger partial charge in [0.25, 0.3) is 0 Å². The summed E-state index contributed by atoms with van der Waals surface area (Å²) in [6, 6.07) is 23.3. The predicted octanol–water partition coefficient (Wildman–Crippen LogP) is 3.53. The van der Waals surface area contributed by atoms with E-state index in [0.717, 1.165) is 29.3 Å². The van der Waals surface area contributed by atoms with E-state index in [4.69, 9.17) is 9.47 Å². The summed E-state index contributed by atoms with van der Waals surface area (Å²) in [5.74, 6) is 1.58. The van der Waals surface area contributed by atoms with E-state index in [2.05, 4.69) is 9.88 Å². The second kappa shape index (κ2) is 10.4. The number of pyridine rings is 1. The minimum Gasteiger partial charge on any atom is -0.491 e. The van der Waals surface area contributed by atoms with Crippen LogP contribution in [-0.4, -0.2) is 41.3 Å². The number of benzene rings is 2. The molecule has 146 valence electrons. The van der Waals surface area contributed by atoms with Gasteiger partial charge < -0.3 is 14.6 Å². The largest absolute Gasteiger partial charge is 0.491 e. The van der Waals surface area contributed by atoms with Crippen molar-refractivity contribution in [1.82, 2.24) is 9.88 Å². The summed E-state index contributed by atoms with van der Waals surface area (Å²) in [6.45, 7) is 2.00. The first-order chi connectivity index (χ1) is 13.7. The zero-order valence-corrected chi connectivity index (χ0v) is 16.1. The number of hydrogen-bond acceptors (Lipinski definition) is 5. The minimum absolute atomic E-state index is 0.272. The molecule has 5 nitrogen and oxygen atoms in total. The number of likely N-dealkylation sites (N-methyl/N-ethyl adjacent to an activating group) is 1. The Morgan fingerprint density at radius 3 is 2.32 bits per heavy atom. The molecule has 3 rings (SSSR count). The average Bonchev–Trinajstić information content (AvgIpc) is 2.73. The van der Waals surface area contributed by atoms with Crippen molar-refractivity contribution in [2.24, 2.45) is 0 Å². The van der Waals surface area contributed by atoms with Gasteiger partial charge in [-0.15, -0.1) is 0 Å². The third-order valence-corrected chi connectivity index (χ3v) is 4.20. The van der Waals surface area contributed by atoms with E-state index < -0.39 is 6.10 Å². The Labute approximate surface area is 166 Å². The Bertz CT molecular complexity index is 810. The molecule has 0 saturated heterocycles. The Morgan fingerprint density at radius 1 is 0.893 bits per heavy atom. The molecule has 0 bridgehead atoms. The molecule has 28 heavy (non-hydrogen) atoms. The molecule has 0 amide bonds. The fraction of sp³-hybridized carbons (Fsp3) is 0.261. The van der Waals surface area contributed by atoms with Crippen molar-refractivity contribution < 1.29 is 14.6 Å². The van der Waals surface area contributed by atoms with Crippen molar-refractivity contribution in [3.63, 3.8) is 0 Å². The molecule has 0 aliphatic carbocycles. The maximum atomic E-state index is 10.2. The van der Waals surface area contributed by atoms with Gasteiger partial charge in [0.2, 0.25) is 0 Å². The summed E-state index contributed by atoms with van der Waals surface area (Å²) < 4.78 is 11.4. The highest BCUT2D eigenvalue weighted by Crippen LogP contribution is 2.15. The minimum atomic E-state index is -0.550. The Morgan fingerprint density at radius 2 is 1.61 bits per heavy atom. The molecule has 3 aromatic rings. The summed E-state index contributed by atoms with van der Waals surface area (Å²) in [6.07, 6.45) is 1.21. The number of ether oxygens (including phenoxy) is 2. The van der Waals surface area contributed by atoms with E-state index in [0.29, 0.717) is 13.2 Å². The molecule has 1 N–H and O–H groups in total. The van der Waals surface area contributed by atoms with Crippen LogP contribution in [0.2, 0.25) is 0 Å². The molecular weight excluding hydrogens is 352 g/mol. The van der Waals surface area contributed by atoms with Crippen LogP contribution in [0.4, 0.5) is 0 Å². The second-order valence-corrected chi connectivity index (χ2v) is 6.73. The molecule has 0 fully saturated rings. The molecule has 0 aliphatic heterocycles. The van der Waals surface area contributed by atoms with Gasteiger partial charge in [-0.2, -0.15) is 0 Å². The van der Waals surface area contributed by atoms with E-state index in [1.807, 2.05) is 79.8 Å². The first-order valence-electron chi connectivity index (χ1n) is 9.35. The maximum Gasteiger partial charge on any atom is 0.130 e. The lowest BCUT2D eigenvalue weighted by atomic mass is 10.2. The third-order valence-electron chi connectivity index (χ3n) is 4.20.